The Labute approximate surface area is 115 Å². The zero-order chi connectivity index (χ0) is 12.5. The van der Waals surface area contributed by atoms with Gasteiger partial charge in [0.1, 0.15) is 11.6 Å². The van der Waals surface area contributed by atoms with Gasteiger partial charge in [-0.3, -0.25) is 9.59 Å². The molecule has 0 aliphatic heterocycles. The fourth-order valence-corrected chi connectivity index (χ4v) is 3.12. The zero-order valence-corrected chi connectivity index (χ0v) is 12.0. The van der Waals surface area contributed by atoms with Crippen molar-refractivity contribution in [2.45, 2.75) is 30.6 Å². The Morgan fingerprint density at radius 3 is 2.18 bits per heavy atom. The topological polar surface area (TPSA) is 34.1 Å². The van der Waals surface area contributed by atoms with Gasteiger partial charge in [0.25, 0.3) is 0 Å². The highest BCUT2D eigenvalue weighted by atomic mass is 127. The van der Waals surface area contributed by atoms with Crippen molar-refractivity contribution in [3.05, 3.63) is 35.4 Å². The van der Waals surface area contributed by atoms with E-state index in [0.717, 1.165) is 9.99 Å². The predicted octanol–water partition coefficient (Wildman–Crippen LogP) is 3.10. The van der Waals surface area contributed by atoms with E-state index in [0.29, 0.717) is 19.3 Å². The van der Waals surface area contributed by atoms with Crippen LogP contribution in [0, 0.1) is 5.41 Å². The van der Waals surface area contributed by atoms with Gasteiger partial charge in [-0.05, 0) is 24.5 Å². The third kappa shape index (κ3) is 2.30. The maximum Gasteiger partial charge on any atom is 0.146 e. The van der Waals surface area contributed by atoms with Crippen LogP contribution >= 0.6 is 22.6 Å². The Bertz CT molecular complexity index is 449. The largest absolute Gasteiger partial charge is 0.299 e. The van der Waals surface area contributed by atoms with E-state index in [4.69, 9.17) is 0 Å². The maximum absolute atomic E-state index is 11.9. The molecule has 2 nitrogen and oxygen atoms in total. The summed E-state index contributed by atoms with van der Waals surface area (Å²) in [5.74, 6) is 0.205. The van der Waals surface area contributed by atoms with Crippen molar-refractivity contribution < 1.29 is 9.59 Å². The molecule has 2 rings (SSSR count). The highest BCUT2D eigenvalue weighted by Crippen LogP contribution is 2.35. The lowest BCUT2D eigenvalue weighted by Crippen LogP contribution is -2.32. The lowest BCUT2D eigenvalue weighted by molar-refractivity contribution is -0.133. The van der Waals surface area contributed by atoms with Gasteiger partial charge in [-0.25, -0.2) is 0 Å². The Morgan fingerprint density at radius 2 is 1.65 bits per heavy atom. The van der Waals surface area contributed by atoms with Crippen molar-refractivity contribution in [1.29, 1.82) is 0 Å². The molecular formula is C14H15IO2. The number of benzene rings is 1. The minimum atomic E-state index is -0.776. The van der Waals surface area contributed by atoms with Crippen molar-refractivity contribution in [1.82, 2.24) is 0 Å². The summed E-state index contributed by atoms with van der Waals surface area (Å²) in [5, 5.41) is 0. The summed E-state index contributed by atoms with van der Waals surface area (Å²) in [6.07, 6.45) is 1.40. The van der Waals surface area contributed by atoms with Crippen molar-refractivity contribution in [3.8, 4) is 0 Å². The maximum atomic E-state index is 11.9. The molecule has 90 valence electrons. The summed E-state index contributed by atoms with van der Waals surface area (Å²) in [4.78, 5) is 23.8. The van der Waals surface area contributed by atoms with Crippen LogP contribution in [-0.2, 0) is 20.4 Å². The summed E-state index contributed by atoms with van der Waals surface area (Å²) in [6.45, 7) is 1.80. The van der Waals surface area contributed by atoms with Gasteiger partial charge in [-0.15, -0.1) is 0 Å². The number of alkyl halides is 1. The van der Waals surface area contributed by atoms with Crippen LogP contribution in [-0.4, -0.2) is 11.6 Å². The molecule has 1 saturated carbocycles. The second-order valence-electron chi connectivity index (χ2n) is 4.76. The van der Waals surface area contributed by atoms with Crippen LogP contribution in [0.3, 0.4) is 0 Å². The molecule has 0 amide bonds. The molecule has 1 fully saturated rings. The number of hydrogen-bond acceptors (Lipinski definition) is 2. The SMILES string of the molecule is CC1(Cc2ccccc2CI)C(=O)CCC1=O. The van der Waals surface area contributed by atoms with Crippen LogP contribution in [0.4, 0.5) is 0 Å². The van der Waals surface area contributed by atoms with Gasteiger partial charge < -0.3 is 0 Å². The van der Waals surface area contributed by atoms with Crippen LogP contribution in [0.25, 0.3) is 0 Å². The first-order valence-corrected chi connectivity index (χ1v) is 7.30. The third-order valence-electron chi connectivity index (χ3n) is 3.62. The van der Waals surface area contributed by atoms with Crippen molar-refractivity contribution in [2.75, 3.05) is 0 Å². The number of Topliss-reactive ketones (excluding diaryl/α,β-unsaturated/α-hetero) is 2. The van der Waals surface area contributed by atoms with Gasteiger partial charge in [0.2, 0.25) is 0 Å². The number of ketones is 2. The summed E-state index contributed by atoms with van der Waals surface area (Å²) in [6, 6.07) is 8.06. The van der Waals surface area contributed by atoms with E-state index in [2.05, 4.69) is 28.7 Å². The molecule has 0 spiro atoms. The Morgan fingerprint density at radius 1 is 1.12 bits per heavy atom. The average Bonchev–Trinajstić information content (AvgIpc) is 2.58. The van der Waals surface area contributed by atoms with E-state index in [1.54, 1.807) is 6.92 Å². The van der Waals surface area contributed by atoms with E-state index in [-0.39, 0.29) is 11.6 Å². The quantitative estimate of drug-likeness (QED) is 0.481. The van der Waals surface area contributed by atoms with Crippen molar-refractivity contribution in [2.24, 2.45) is 5.41 Å². The first kappa shape index (κ1) is 12.7. The predicted molar refractivity (Wildman–Crippen MR) is 75.2 cm³/mol. The van der Waals surface area contributed by atoms with Gasteiger partial charge in [0.15, 0.2) is 0 Å². The van der Waals surface area contributed by atoms with Gasteiger partial charge in [-0.2, -0.15) is 0 Å². The number of carbonyl (C=O) groups is 2. The summed E-state index contributed by atoms with van der Waals surface area (Å²) in [7, 11) is 0. The molecule has 1 aliphatic carbocycles. The molecule has 17 heavy (non-hydrogen) atoms. The molecule has 0 bridgehead atoms. The average molecular weight is 342 g/mol. The van der Waals surface area contributed by atoms with Crippen molar-refractivity contribution >= 4 is 34.2 Å². The molecule has 1 aliphatic rings. The van der Waals surface area contributed by atoms with Crippen LogP contribution < -0.4 is 0 Å². The molecule has 3 heteroatoms. The minimum Gasteiger partial charge on any atom is -0.299 e. The third-order valence-corrected chi connectivity index (χ3v) is 4.44. The first-order chi connectivity index (χ1) is 8.08. The highest BCUT2D eigenvalue weighted by Gasteiger charge is 2.45. The van der Waals surface area contributed by atoms with Gasteiger partial charge in [-0.1, -0.05) is 46.9 Å². The lowest BCUT2D eigenvalue weighted by atomic mass is 9.79. The summed E-state index contributed by atoms with van der Waals surface area (Å²) in [5.41, 5.74) is 1.58. The Hall–Kier alpha value is -0.710. The van der Waals surface area contributed by atoms with E-state index < -0.39 is 5.41 Å². The molecule has 0 saturated heterocycles. The van der Waals surface area contributed by atoms with Crippen LogP contribution in [0.5, 0.6) is 0 Å². The number of rotatable bonds is 3. The molecule has 1 aromatic carbocycles. The van der Waals surface area contributed by atoms with Crippen molar-refractivity contribution in [3.63, 3.8) is 0 Å². The molecule has 0 radical (unpaired) electrons. The molecular weight excluding hydrogens is 327 g/mol. The van der Waals surface area contributed by atoms with E-state index >= 15 is 0 Å². The molecule has 0 aromatic heterocycles. The normalized spacial score (nSPS) is 18.7. The molecule has 0 atom stereocenters. The lowest BCUT2D eigenvalue weighted by Gasteiger charge is -2.21. The minimum absolute atomic E-state index is 0.103. The fraction of sp³-hybridized carbons (Fsp3) is 0.429. The van der Waals surface area contributed by atoms with E-state index in [1.807, 2.05) is 18.2 Å². The van der Waals surface area contributed by atoms with E-state index in [1.165, 1.54) is 5.56 Å². The zero-order valence-electron chi connectivity index (χ0n) is 9.83. The molecule has 0 N–H and O–H groups in total. The van der Waals surface area contributed by atoms with Crippen LogP contribution in [0.1, 0.15) is 30.9 Å². The monoisotopic (exact) mass is 342 g/mol. The number of hydrogen-bond donors (Lipinski definition) is 0. The molecule has 0 heterocycles. The standard InChI is InChI=1S/C14H15IO2/c1-14(12(16)6-7-13(14)17)8-10-4-2-3-5-11(10)9-15/h2-5H,6-9H2,1H3. The van der Waals surface area contributed by atoms with Crippen LogP contribution in [0.2, 0.25) is 0 Å². The number of halogens is 1. The Kier molecular flexibility index (Phi) is 3.66. The summed E-state index contributed by atoms with van der Waals surface area (Å²) < 4.78 is 0.909. The Balaban J connectivity index is 2.31. The first-order valence-electron chi connectivity index (χ1n) is 5.77. The smallest absolute Gasteiger partial charge is 0.146 e. The highest BCUT2D eigenvalue weighted by molar-refractivity contribution is 14.1. The van der Waals surface area contributed by atoms with Crippen LogP contribution in [0.15, 0.2) is 24.3 Å². The molecule has 0 unspecified atom stereocenters. The van der Waals surface area contributed by atoms with E-state index in [9.17, 15) is 9.59 Å². The number of carbonyl (C=O) groups excluding carboxylic acids is 2. The second kappa shape index (κ2) is 4.88. The molecule has 1 aromatic rings. The van der Waals surface area contributed by atoms with Gasteiger partial charge >= 0.3 is 0 Å². The van der Waals surface area contributed by atoms with Gasteiger partial charge in [0.05, 0.1) is 5.41 Å². The fourth-order valence-electron chi connectivity index (χ4n) is 2.37. The summed E-state index contributed by atoms with van der Waals surface area (Å²) >= 11 is 2.31. The van der Waals surface area contributed by atoms with Gasteiger partial charge in [0, 0.05) is 17.3 Å². The second-order valence-corrected chi connectivity index (χ2v) is 5.52.